The number of halogens is 1. The number of nitrogens with zero attached hydrogens (tertiary/aromatic N) is 4. The van der Waals surface area contributed by atoms with Gasteiger partial charge in [0, 0.05) is 61.8 Å². The summed E-state index contributed by atoms with van der Waals surface area (Å²) in [6, 6.07) is 16.4. The van der Waals surface area contributed by atoms with Crippen molar-refractivity contribution in [2.75, 3.05) is 31.6 Å². The Morgan fingerprint density at radius 3 is 2.37 bits per heavy atom. The van der Waals surface area contributed by atoms with Gasteiger partial charge in [-0.05, 0) is 67.0 Å². The summed E-state index contributed by atoms with van der Waals surface area (Å²) < 4.78 is 12.0. The maximum absolute atomic E-state index is 14.0. The Morgan fingerprint density at radius 1 is 1.01 bits per heavy atom. The summed E-state index contributed by atoms with van der Waals surface area (Å²) in [5, 5.41) is 32.3. The van der Waals surface area contributed by atoms with Crippen LogP contribution in [0.1, 0.15) is 101 Å². The van der Waals surface area contributed by atoms with E-state index in [4.69, 9.17) is 21.1 Å². The van der Waals surface area contributed by atoms with E-state index in [-0.39, 0.29) is 50.1 Å². The van der Waals surface area contributed by atoms with Crippen molar-refractivity contribution < 1.29 is 33.8 Å². The average Bonchev–Trinajstić information content (AvgIpc) is 3.91. The number of amides is 4. The molecule has 17 heteroatoms. The van der Waals surface area contributed by atoms with Gasteiger partial charge in [-0.3, -0.25) is 19.2 Å². The zero-order valence-electron chi connectivity index (χ0n) is 39.6. The van der Waals surface area contributed by atoms with E-state index in [1.165, 1.54) is 4.90 Å². The first-order chi connectivity index (χ1) is 31.7. The van der Waals surface area contributed by atoms with E-state index in [2.05, 4.69) is 65.0 Å². The maximum Gasteiger partial charge on any atom is 0.253 e. The maximum atomic E-state index is 14.0. The molecule has 67 heavy (non-hydrogen) atoms. The van der Waals surface area contributed by atoms with Crippen LogP contribution in [-0.2, 0) is 25.7 Å². The summed E-state index contributed by atoms with van der Waals surface area (Å²) in [6.07, 6.45) is 2.92. The zero-order chi connectivity index (χ0) is 48.7. The third kappa shape index (κ3) is 12.3. The van der Waals surface area contributed by atoms with Crippen molar-refractivity contribution in [3.05, 3.63) is 93.7 Å². The second kappa shape index (κ2) is 21.6. The van der Waals surface area contributed by atoms with Crippen LogP contribution in [0.4, 0.5) is 5.82 Å². The number of hydrogen-bond acceptors (Lipinski definition) is 12. The number of aryl methyl sites for hydroxylation is 1. The van der Waals surface area contributed by atoms with Gasteiger partial charge < -0.3 is 40.7 Å². The number of pyridine rings is 1. The van der Waals surface area contributed by atoms with Crippen molar-refractivity contribution >= 4 is 52.4 Å². The van der Waals surface area contributed by atoms with Gasteiger partial charge in [0.15, 0.2) is 0 Å². The number of hydrogen-bond donors (Lipinski definition) is 5. The molecule has 4 aromatic rings. The molecule has 0 radical (unpaired) electrons. The number of likely N-dealkylation sites (tertiary alicyclic amines) is 1. The van der Waals surface area contributed by atoms with Crippen molar-refractivity contribution in [3.8, 4) is 22.3 Å². The highest BCUT2D eigenvalue weighted by atomic mass is 35.5. The molecule has 6 rings (SSSR count). The number of aliphatic hydroxyl groups is 1. The Labute approximate surface area is 402 Å². The number of carbonyl (C=O) groups excluding carboxylic acids is 4. The fourth-order valence-electron chi connectivity index (χ4n) is 9.31. The summed E-state index contributed by atoms with van der Waals surface area (Å²) in [6.45, 7) is 16.7. The first kappa shape index (κ1) is 50.8. The van der Waals surface area contributed by atoms with Gasteiger partial charge in [-0.15, -0.1) is 11.3 Å². The smallest absolute Gasteiger partial charge is 0.253 e. The van der Waals surface area contributed by atoms with Crippen LogP contribution >= 0.6 is 22.9 Å². The molecule has 1 saturated carbocycles. The molecule has 1 saturated heterocycles. The second-order valence-electron chi connectivity index (χ2n) is 19.7. The Kier molecular flexibility index (Phi) is 16.4. The molecular formula is C50H63ClN8O7S. The van der Waals surface area contributed by atoms with Crippen LogP contribution in [0.2, 0.25) is 5.02 Å². The molecule has 1 aliphatic heterocycles. The molecule has 358 valence electrons. The number of benzene rings is 2. The van der Waals surface area contributed by atoms with E-state index in [0.29, 0.717) is 47.3 Å². The molecule has 4 amide bonds. The molecule has 0 bridgehead atoms. The fourth-order valence-corrected chi connectivity index (χ4v) is 10.3. The van der Waals surface area contributed by atoms with Gasteiger partial charge >= 0.3 is 0 Å². The number of nitriles is 1. The van der Waals surface area contributed by atoms with Crippen molar-refractivity contribution in [2.24, 2.45) is 16.2 Å². The van der Waals surface area contributed by atoms with E-state index in [9.17, 15) is 29.5 Å². The molecule has 1 aliphatic carbocycles. The van der Waals surface area contributed by atoms with Gasteiger partial charge in [0.1, 0.15) is 42.4 Å². The quantitative estimate of drug-likeness (QED) is 0.0602. The highest BCUT2D eigenvalue weighted by molar-refractivity contribution is 7.13. The normalized spacial score (nSPS) is 19.9. The first-order valence-corrected chi connectivity index (χ1v) is 24.0. The number of β-amino-alcohol motifs (C(OH)–C–C–N with tert-alkyl or cyclic N) is 1. The molecule has 2 aromatic heterocycles. The van der Waals surface area contributed by atoms with E-state index in [1.54, 1.807) is 47.9 Å². The van der Waals surface area contributed by atoms with Crippen LogP contribution in [0.5, 0.6) is 5.75 Å². The van der Waals surface area contributed by atoms with Crippen LogP contribution in [0.15, 0.2) is 66.3 Å². The molecule has 3 heterocycles. The zero-order valence-corrected chi connectivity index (χ0v) is 41.1. The molecule has 5 N–H and O–H groups in total. The minimum absolute atomic E-state index is 0.0118. The number of nitrogens with one attached hydrogen (secondary N) is 4. The lowest BCUT2D eigenvalue weighted by Crippen LogP contribution is -2.74. The van der Waals surface area contributed by atoms with Gasteiger partial charge in [-0.25, -0.2) is 9.97 Å². The molecule has 3 atom stereocenters. The number of thiazole rings is 1. The third-order valence-corrected chi connectivity index (χ3v) is 14.0. The Balaban J connectivity index is 0.878. The highest BCUT2D eigenvalue weighted by Crippen LogP contribution is 2.55. The van der Waals surface area contributed by atoms with Gasteiger partial charge in [0.2, 0.25) is 17.7 Å². The Hall–Kier alpha value is -5.60. The number of rotatable bonds is 19. The molecule has 0 spiro atoms. The standard InChI is InChI=1S/C50H63ClN8O7S/c1-30-41(67-29-56-30)32-14-12-31(13-15-32)25-55-44(63)38-22-35(60)27-59(38)45(64)42(48(2,3)4)57-40(61)28-65-21-11-9-10-20-53-39-19-17-34(26-54-39)43(62)58-46-49(5,6)47(50(46,7)8)66-36-18-16-33(24-52)37(51)23-36/h12-19,23,26,29,35,38,42,46-47,60H,9-11,20-22,25,27-28H2,1-8H3,(H,53,54)(H,55,63)(H,57,61)(H,58,62)/t35-,38+,42?,46-,47-/m1/s1. The first-order valence-electron chi connectivity index (χ1n) is 22.7. The summed E-state index contributed by atoms with van der Waals surface area (Å²) in [4.78, 5) is 65.0. The van der Waals surface area contributed by atoms with Crippen molar-refractivity contribution in [1.29, 1.82) is 5.26 Å². The number of aliphatic hydroxyl groups excluding tert-OH is 1. The fraction of sp³-hybridized carbons (Fsp3) is 0.500. The lowest BCUT2D eigenvalue weighted by molar-refractivity contribution is -0.164. The van der Waals surface area contributed by atoms with Gasteiger partial charge in [0.05, 0.1) is 38.3 Å². The van der Waals surface area contributed by atoms with Crippen LogP contribution < -0.4 is 26.0 Å². The summed E-state index contributed by atoms with van der Waals surface area (Å²) in [5.74, 6) is -0.259. The summed E-state index contributed by atoms with van der Waals surface area (Å²) in [5.41, 5.74) is 4.06. The number of ether oxygens (including phenoxy) is 2. The van der Waals surface area contributed by atoms with Gasteiger partial charge in [0.25, 0.3) is 5.91 Å². The predicted octanol–water partition coefficient (Wildman–Crippen LogP) is 7.06. The van der Waals surface area contributed by atoms with E-state index < -0.39 is 46.2 Å². The number of anilines is 1. The minimum Gasteiger partial charge on any atom is -0.489 e. The van der Waals surface area contributed by atoms with Crippen molar-refractivity contribution in [3.63, 3.8) is 0 Å². The van der Waals surface area contributed by atoms with Gasteiger partial charge in [-0.1, -0.05) is 84.3 Å². The Morgan fingerprint density at radius 2 is 1.75 bits per heavy atom. The lowest BCUT2D eigenvalue weighted by atomic mass is 9.49. The monoisotopic (exact) mass is 954 g/mol. The molecule has 2 aliphatic rings. The molecular weight excluding hydrogens is 892 g/mol. The van der Waals surface area contributed by atoms with Crippen molar-refractivity contribution in [2.45, 2.75) is 118 Å². The van der Waals surface area contributed by atoms with Crippen LogP contribution in [-0.4, -0.2) is 100 Å². The highest BCUT2D eigenvalue weighted by Gasteiger charge is 2.64. The molecule has 1 unspecified atom stereocenters. The van der Waals surface area contributed by atoms with Crippen LogP contribution in [0.3, 0.4) is 0 Å². The van der Waals surface area contributed by atoms with Crippen LogP contribution in [0.25, 0.3) is 10.4 Å². The van der Waals surface area contributed by atoms with E-state index in [0.717, 1.165) is 34.5 Å². The minimum atomic E-state index is -0.951. The van der Waals surface area contributed by atoms with E-state index in [1.807, 2.05) is 57.5 Å². The van der Waals surface area contributed by atoms with Gasteiger partial charge in [-0.2, -0.15) is 5.26 Å². The average molecular weight is 956 g/mol. The van der Waals surface area contributed by atoms with E-state index >= 15 is 0 Å². The second-order valence-corrected chi connectivity index (χ2v) is 21.0. The summed E-state index contributed by atoms with van der Waals surface area (Å²) in [7, 11) is 0. The van der Waals surface area contributed by atoms with Crippen LogP contribution in [0, 0.1) is 34.5 Å². The molecule has 2 aromatic carbocycles. The molecule has 15 nitrogen and oxygen atoms in total. The number of unbranched alkanes of at least 4 members (excludes halogenated alkanes) is 2. The lowest BCUT2D eigenvalue weighted by Gasteiger charge is -2.63. The number of carbonyl (C=O) groups is 4. The number of aromatic nitrogens is 2. The largest absolute Gasteiger partial charge is 0.489 e. The Bertz CT molecular complexity index is 2410. The predicted molar refractivity (Wildman–Crippen MR) is 258 cm³/mol. The van der Waals surface area contributed by atoms with Crippen molar-refractivity contribution in [1.82, 2.24) is 30.8 Å². The third-order valence-electron chi connectivity index (χ3n) is 12.7. The SMILES string of the molecule is Cc1ncsc1-c1ccc(CNC(=O)[C@@H]2C[C@@H](O)CN2C(=O)C(NC(=O)COCCCCCNc2ccc(C(=O)N[C@H]3C(C)(C)[C@H](Oc4ccc(C#N)c(Cl)c4)C3(C)C)cn2)C(C)(C)C)cc1. The summed E-state index contributed by atoms with van der Waals surface area (Å²) >= 11 is 7.80. The molecule has 2 fully saturated rings. The topological polar surface area (TPSA) is 208 Å².